The van der Waals surface area contributed by atoms with Gasteiger partial charge in [-0.25, -0.2) is 4.57 Å². The Morgan fingerprint density at radius 1 is 0.475 bits per heavy atom. The van der Waals surface area contributed by atoms with Crippen LogP contribution in [0.1, 0.15) is 168 Å². The number of allylic oxidation sites excluding steroid dienone is 18. The van der Waals surface area contributed by atoms with Crippen LogP contribution in [0.2, 0.25) is 0 Å². The molecule has 0 aliphatic rings. The van der Waals surface area contributed by atoms with Crippen molar-refractivity contribution >= 4 is 19.8 Å². The minimum absolute atomic E-state index is 0.159. The smallest absolute Gasteiger partial charge is 0.462 e. The number of phosphoric ester groups is 1. The molecule has 0 rings (SSSR count). The van der Waals surface area contributed by atoms with Crippen molar-refractivity contribution < 1.29 is 37.6 Å². The van der Waals surface area contributed by atoms with Gasteiger partial charge >= 0.3 is 19.8 Å². The summed E-state index contributed by atoms with van der Waals surface area (Å²) in [5.41, 5.74) is 0. The first-order valence-corrected chi connectivity index (χ1v) is 24.1. The molecule has 8 nitrogen and oxygen atoms in total. The number of esters is 2. The Hall–Kier alpha value is -3.29. The Labute approximate surface area is 360 Å². The molecule has 2 atom stereocenters. The van der Waals surface area contributed by atoms with E-state index in [0.29, 0.717) is 12.8 Å². The van der Waals surface area contributed by atoms with Gasteiger partial charge in [0.2, 0.25) is 0 Å². The molecule has 0 aliphatic carbocycles. The summed E-state index contributed by atoms with van der Waals surface area (Å²) >= 11 is 0. The van der Waals surface area contributed by atoms with E-state index >= 15 is 0 Å². The molecule has 0 amide bonds. The molecule has 0 fully saturated rings. The predicted octanol–water partition coefficient (Wildman–Crippen LogP) is 14.6. The Morgan fingerprint density at radius 3 is 1.25 bits per heavy atom. The van der Waals surface area contributed by atoms with E-state index in [0.717, 1.165) is 97.0 Å². The maximum atomic E-state index is 12.5. The van der Waals surface area contributed by atoms with E-state index in [-0.39, 0.29) is 19.4 Å². The number of unbranched alkanes of at least 4 members (excludes halogenated alkanes) is 11. The van der Waals surface area contributed by atoms with Crippen LogP contribution in [0, 0.1) is 0 Å². The molecule has 0 heterocycles. The van der Waals surface area contributed by atoms with E-state index in [2.05, 4.69) is 122 Å². The largest absolute Gasteiger partial charge is 0.472 e. The second kappa shape index (κ2) is 44.3. The van der Waals surface area contributed by atoms with Crippen molar-refractivity contribution in [2.45, 2.75) is 174 Å². The summed E-state index contributed by atoms with van der Waals surface area (Å²) < 4.78 is 32.0. The molecule has 2 unspecified atom stereocenters. The molecule has 0 aromatic carbocycles. The zero-order valence-corrected chi connectivity index (χ0v) is 38.0. The van der Waals surface area contributed by atoms with E-state index < -0.39 is 32.5 Å². The Kier molecular flexibility index (Phi) is 41.8. The number of carbonyl (C=O) groups excluding carboxylic acids is 2. The fraction of sp³-hybridized carbons (Fsp3) is 0.600. The fourth-order valence-electron chi connectivity index (χ4n) is 5.63. The first kappa shape index (κ1) is 55.7. The molecular formula is C50H81O8P. The van der Waals surface area contributed by atoms with E-state index in [9.17, 15) is 19.0 Å². The first-order chi connectivity index (χ1) is 28.8. The Balaban J connectivity index is 4.06. The van der Waals surface area contributed by atoms with E-state index in [1.54, 1.807) is 0 Å². The van der Waals surface area contributed by atoms with Gasteiger partial charge in [-0.3, -0.25) is 18.6 Å². The van der Waals surface area contributed by atoms with Gasteiger partial charge in [-0.05, 0) is 89.9 Å². The lowest BCUT2D eigenvalue weighted by molar-refractivity contribution is -0.161. The minimum Gasteiger partial charge on any atom is -0.462 e. The van der Waals surface area contributed by atoms with Gasteiger partial charge < -0.3 is 14.4 Å². The molecule has 0 aliphatic heterocycles. The highest BCUT2D eigenvalue weighted by atomic mass is 31.2. The van der Waals surface area contributed by atoms with Crippen LogP contribution in [0.3, 0.4) is 0 Å². The van der Waals surface area contributed by atoms with Gasteiger partial charge in [0.05, 0.1) is 6.61 Å². The first-order valence-electron chi connectivity index (χ1n) is 22.6. The molecule has 0 saturated carbocycles. The summed E-state index contributed by atoms with van der Waals surface area (Å²) in [5.74, 6) is -0.886. The topological polar surface area (TPSA) is 108 Å². The molecule has 59 heavy (non-hydrogen) atoms. The standard InChI is InChI=1S/C50H81O8P/c1-4-6-8-10-12-14-16-18-20-22-23-24-25-26-27-29-30-32-34-36-38-40-42-44-49(51)56-46-48(47-57-59(53,54)55-3)58-50(52)45-43-41-39-37-35-33-31-28-21-19-17-15-13-11-9-7-5-2/h6-9,12-15,18-21,23-24,31,33,37,39,48H,4-5,10-11,16-17,22,25-30,32,34-36,38,40-47H2,1-3H3,(H,53,54)/b8-6-,9-7-,14-12-,15-13-,20-18-,21-19-,24-23-,33-31-,39-37-. The van der Waals surface area contributed by atoms with Crippen LogP contribution in [-0.2, 0) is 32.7 Å². The summed E-state index contributed by atoms with van der Waals surface area (Å²) in [5, 5.41) is 0. The molecular weight excluding hydrogens is 760 g/mol. The SMILES string of the molecule is CC/C=C\C/C=C\C/C=C\C/C=C\C/C=C\CCCC(=O)OC(COC(=O)CCCCCCCCCCCC/C=C\C/C=C\C/C=C\C/C=C\CC)COP(=O)(O)OC. The third-order valence-corrected chi connectivity index (χ3v) is 9.95. The molecule has 1 N–H and O–H groups in total. The minimum atomic E-state index is -4.29. The van der Waals surface area contributed by atoms with E-state index in [4.69, 9.17) is 14.0 Å². The lowest BCUT2D eigenvalue weighted by atomic mass is 10.1. The van der Waals surface area contributed by atoms with Crippen LogP contribution in [0.15, 0.2) is 109 Å². The van der Waals surface area contributed by atoms with Crippen molar-refractivity contribution in [3.8, 4) is 0 Å². The zero-order chi connectivity index (χ0) is 43.2. The van der Waals surface area contributed by atoms with Gasteiger partial charge in [0.25, 0.3) is 0 Å². The van der Waals surface area contributed by atoms with E-state index in [1.807, 2.05) is 6.08 Å². The number of carbonyl (C=O) groups is 2. The van der Waals surface area contributed by atoms with Gasteiger partial charge in [-0.2, -0.15) is 0 Å². The van der Waals surface area contributed by atoms with Crippen molar-refractivity contribution in [2.75, 3.05) is 20.3 Å². The fourth-order valence-corrected chi connectivity index (χ4v) is 6.09. The van der Waals surface area contributed by atoms with Crippen molar-refractivity contribution in [1.82, 2.24) is 0 Å². The zero-order valence-electron chi connectivity index (χ0n) is 37.1. The average molecular weight is 841 g/mol. The van der Waals surface area contributed by atoms with Crippen molar-refractivity contribution in [3.05, 3.63) is 109 Å². The molecule has 0 aromatic rings. The monoisotopic (exact) mass is 841 g/mol. The number of rotatable bonds is 40. The molecule has 0 aromatic heterocycles. The lowest BCUT2D eigenvalue weighted by Crippen LogP contribution is -2.29. The maximum absolute atomic E-state index is 12.5. The van der Waals surface area contributed by atoms with Crippen molar-refractivity contribution in [3.63, 3.8) is 0 Å². The molecule has 334 valence electrons. The maximum Gasteiger partial charge on any atom is 0.472 e. The van der Waals surface area contributed by atoms with Gasteiger partial charge in [-0.1, -0.05) is 175 Å². The molecule has 0 saturated heterocycles. The second-order valence-corrected chi connectivity index (χ2v) is 16.0. The van der Waals surface area contributed by atoms with Gasteiger partial charge in [0.1, 0.15) is 6.61 Å². The summed E-state index contributed by atoms with van der Waals surface area (Å²) in [6.07, 6.45) is 61.5. The van der Waals surface area contributed by atoms with Crippen LogP contribution in [-0.4, -0.2) is 43.3 Å². The number of ether oxygens (including phenoxy) is 2. The highest BCUT2D eigenvalue weighted by molar-refractivity contribution is 7.47. The molecule has 0 bridgehead atoms. The quantitative estimate of drug-likeness (QED) is 0.0281. The summed E-state index contributed by atoms with van der Waals surface area (Å²) in [6.45, 7) is 3.60. The summed E-state index contributed by atoms with van der Waals surface area (Å²) in [4.78, 5) is 34.5. The predicted molar refractivity (Wildman–Crippen MR) is 248 cm³/mol. The van der Waals surface area contributed by atoms with Crippen LogP contribution in [0.5, 0.6) is 0 Å². The average Bonchev–Trinajstić information content (AvgIpc) is 3.23. The third-order valence-electron chi connectivity index (χ3n) is 9.01. The van der Waals surface area contributed by atoms with Gasteiger partial charge in [-0.15, -0.1) is 0 Å². The number of hydrogen-bond acceptors (Lipinski definition) is 7. The van der Waals surface area contributed by atoms with Crippen LogP contribution in [0.25, 0.3) is 0 Å². The van der Waals surface area contributed by atoms with E-state index in [1.165, 1.54) is 38.5 Å². The van der Waals surface area contributed by atoms with Crippen molar-refractivity contribution in [2.24, 2.45) is 0 Å². The summed E-state index contributed by atoms with van der Waals surface area (Å²) in [7, 11) is -3.24. The van der Waals surface area contributed by atoms with Crippen LogP contribution < -0.4 is 0 Å². The Morgan fingerprint density at radius 2 is 0.831 bits per heavy atom. The highest BCUT2D eigenvalue weighted by Gasteiger charge is 2.24. The van der Waals surface area contributed by atoms with Crippen LogP contribution in [0.4, 0.5) is 0 Å². The number of phosphoric acid groups is 1. The summed E-state index contributed by atoms with van der Waals surface area (Å²) in [6, 6.07) is 0. The third kappa shape index (κ3) is 44.1. The number of hydrogen-bond donors (Lipinski definition) is 1. The Bertz CT molecular complexity index is 1320. The second-order valence-electron chi connectivity index (χ2n) is 14.4. The molecule has 0 spiro atoms. The van der Waals surface area contributed by atoms with Gasteiger partial charge in [0, 0.05) is 20.0 Å². The van der Waals surface area contributed by atoms with Crippen molar-refractivity contribution in [1.29, 1.82) is 0 Å². The van der Waals surface area contributed by atoms with Crippen LogP contribution >= 0.6 is 7.82 Å². The molecule has 9 heteroatoms. The normalized spacial score (nSPS) is 14.3. The lowest BCUT2D eigenvalue weighted by Gasteiger charge is -2.19. The van der Waals surface area contributed by atoms with Gasteiger partial charge in [0.15, 0.2) is 6.10 Å². The molecule has 0 radical (unpaired) electrons. The highest BCUT2D eigenvalue weighted by Crippen LogP contribution is 2.42.